The Balaban J connectivity index is 2.47. The van der Waals surface area contributed by atoms with E-state index in [4.69, 9.17) is 16.7 Å². The molecule has 2 aromatic rings. The van der Waals surface area contributed by atoms with E-state index < -0.39 is 0 Å². The van der Waals surface area contributed by atoms with Crippen LogP contribution in [0.5, 0.6) is 5.75 Å². The van der Waals surface area contributed by atoms with Crippen molar-refractivity contribution in [3.05, 3.63) is 63.7 Å². The topological polar surface area (TPSA) is 57.5 Å². The van der Waals surface area contributed by atoms with Gasteiger partial charge in [0.2, 0.25) is 0 Å². The third-order valence-corrected chi connectivity index (χ3v) is 3.15. The molecule has 0 spiro atoms. The molecule has 2 N–H and O–H groups in total. The lowest BCUT2D eigenvalue weighted by Gasteiger charge is -2.08. The number of aryl methyl sites for hydroxylation is 1. The lowest BCUT2D eigenvalue weighted by atomic mass is 10.00. The van der Waals surface area contributed by atoms with Gasteiger partial charge in [-0.25, -0.2) is 0 Å². The molecule has 19 heavy (non-hydrogen) atoms. The van der Waals surface area contributed by atoms with Crippen LogP contribution in [-0.2, 0) is 6.61 Å². The van der Waals surface area contributed by atoms with Crippen LogP contribution < -0.4 is 0 Å². The van der Waals surface area contributed by atoms with E-state index in [-0.39, 0.29) is 28.7 Å². The van der Waals surface area contributed by atoms with Crippen molar-refractivity contribution < 1.29 is 15.0 Å². The number of hydrogen-bond donors (Lipinski definition) is 2. The number of rotatable bonds is 3. The van der Waals surface area contributed by atoms with E-state index in [2.05, 4.69) is 0 Å². The van der Waals surface area contributed by atoms with Gasteiger partial charge in [-0.05, 0) is 24.6 Å². The number of phenolic OH excluding ortho intramolecular Hbond substituents is 1. The first-order valence-corrected chi connectivity index (χ1v) is 6.14. The van der Waals surface area contributed by atoms with Gasteiger partial charge in [0.25, 0.3) is 0 Å². The zero-order chi connectivity index (χ0) is 14.0. The highest BCUT2D eigenvalue weighted by atomic mass is 35.5. The number of benzene rings is 2. The van der Waals surface area contributed by atoms with Gasteiger partial charge in [-0.2, -0.15) is 0 Å². The maximum atomic E-state index is 12.3. The van der Waals surface area contributed by atoms with Gasteiger partial charge in [0.15, 0.2) is 5.78 Å². The third kappa shape index (κ3) is 2.78. The maximum absolute atomic E-state index is 12.3. The minimum Gasteiger partial charge on any atom is -0.507 e. The van der Waals surface area contributed by atoms with Crippen molar-refractivity contribution in [2.45, 2.75) is 13.5 Å². The molecule has 3 nitrogen and oxygen atoms in total. The van der Waals surface area contributed by atoms with Crippen LogP contribution in [0, 0.1) is 6.92 Å². The van der Waals surface area contributed by atoms with Crippen LogP contribution in [0.3, 0.4) is 0 Å². The minimum atomic E-state index is -0.341. The first kappa shape index (κ1) is 13.6. The number of halogens is 1. The van der Waals surface area contributed by atoms with E-state index in [0.717, 1.165) is 5.56 Å². The molecular weight excluding hydrogens is 264 g/mol. The molecule has 0 saturated heterocycles. The molecule has 0 unspecified atom stereocenters. The number of aliphatic hydroxyl groups is 1. The number of ketones is 1. The second-order valence-electron chi connectivity index (χ2n) is 4.33. The Labute approximate surface area is 116 Å². The fraction of sp³-hybridized carbons (Fsp3) is 0.133. The number of hydrogen-bond acceptors (Lipinski definition) is 3. The standard InChI is InChI=1S/C15H13ClO3/c1-9-2-4-11(5-3-9)15(19)14-12(16)6-10(8-17)7-13(14)18/h2-7,17-18H,8H2,1H3. The Morgan fingerprint density at radius 3 is 2.37 bits per heavy atom. The Morgan fingerprint density at radius 1 is 1.21 bits per heavy atom. The predicted octanol–water partition coefficient (Wildman–Crippen LogP) is 3.08. The summed E-state index contributed by atoms with van der Waals surface area (Å²) in [6.45, 7) is 1.68. The highest BCUT2D eigenvalue weighted by molar-refractivity contribution is 6.35. The number of aliphatic hydroxyl groups excluding tert-OH is 1. The zero-order valence-electron chi connectivity index (χ0n) is 10.4. The summed E-state index contributed by atoms with van der Waals surface area (Å²) in [7, 11) is 0. The second kappa shape index (κ2) is 5.43. The quantitative estimate of drug-likeness (QED) is 0.847. The molecule has 0 atom stereocenters. The summed E-state index contributed by atoms with van der Waals surface area (Å²) in [6, 6.07) is 9.83. The predicted molar refractivity (Wildman–Crippen MR) is 73.7 cm³/mol. The Hall–Kier alpha value is -1.84. The van der Waals surface area contributed by atoms with Crippen LogP contribution in [0.1, 0.15) is 27.0 Å². The highest BCUT2D eigenvalue weighted by Gasteiger charge is 2.18. The van der Waals surface area contributed by atoms with Gasteiger partial charge in [0.05, 0.1) is 17.2 Å². The summed E-state index contributed by atoms with van der Waals surface area (Å²) >= 11 is 6.00. The number of aromatic hydroxyl groups is 1. The number of phenols is 1. The lowest BCUT2D eigenvalue weighted by molar-refractivity contribution is 0.103. The average Bonchev–Trinajstić information content (AvgIpc) is 2.38. The van der Waals surface area contributed by atoms with E-state index in [0.29, 0.717) is 11.1 Å². The summed E-state index contributed by atoms with van der Waals surface area (Å²) in [5, 5.41) is 19.0. The van der Waals surface area contributed by atoms with Crippen molar-refractivity contribution in [1.82, 2.24) is 0 Å². The molecule has 0 radical (unpaired) electrons. The highest BCUT2D eigenvalue weighted by Crippen LogP contribution is 2.30. The summed E-state index contributed by atoms with van der Waals surface area (Å²) in [6.07, 6.45) is 0. The molecule has 0 saturated carbocycles. The van der Waals surface area contributed by atoms with Crippen molar-refractivity contribution in [3.63, 3.8) is 0 Å². The van der Waals surface area contributed by atoms with Crippen LogP contribution >= 0.6 is 11.6 Å². The summed E-state index contributed by atoms with van der Waals surface area (Å²) in [5.74, 6) is -0.561. The first-order valence-electron chi connectivity index (χ1n) is 5.76. The summed E-state index contributed by atoms with van der Waals surface area (Å²) in [4.78, 5) is 12.3. The largest absolute Gasteiger partial charge is 0.507 e. The molecule has 0 bridgehead atoms. The van der Waals surface area contributed by atoms with Crippen molar-refractivity contribution in [1.29, 1.82) is 0 Å². The van der Waals surface area contributed by atoms with Gasteiger partial charge >= 0.3 is 0 Å². The molecule has 0 aliphatic heterocycles. The van der Waals surface area contributed by atoms with Crippen LogP contribution in [0.2, 0.25) is 5.02 Å². The van der Waals surface area contributed by atoms with Crippen molar-refractivity contribution >= 4 is 17.4 Å². The fourth-order valence-electron chi connectivity index (χ4n) is 1.81. The smallest absolute Gasteiger partial charge is 0.198 e. The van der Waals surface area contributed by atoms with Gasteiger partial charge in [-0.3, -0.25) is 4.79 Å². The molecule has 98 valence electrons. The minimum absolute atomic E-state index is 0.0581. The van der Waals surface area contributed by atoms with Crippen LogP contribution in [0.15, 0.2) is 36.4 Å². The molecular formula is C15H13ClO3. The van der Waals surface area contributed by atoms with Gasteiger partial charge in [-0.1, -0.05) is 41.4 Å². The molecule has 0 aromatic heterocycles. The molecule has 2 rings (SSSR count). The van der Waals surface area contributed by atoms with E-state index in [1.165, 1.54) is 12.1 Å². The van der Waals surface area contributed by atoms with Crippen molar-refractivity contribution in [3.8, 4) is 5.75 Å². The Morgan fingerprint density at radius 2 is 1.84 bits per heavy atom. The van der Waals surface area contributed by atoms with Gasteiger partial charge in [0, 0.05) is 5.56 Å². The van der Waals surface area contributed by atoms with Crippen LogP contribution in [0.4, 0.5) is 0 Å². The Kier molecular flexibility index (Phi) is 3.88. The van der Waals surface area contributed by atoms with E-state index in [1.54, 1.807) is 12.1 Å². The van der Waals surface area contributed by atoms with E-state index >= 15 is 0 Å². The van der Waals surface area contributed by atoms with Crippen molar-refractivity contribution in [2.75, 3.05) is 0 Å². The van der Waals surface area contributed by atoms with Gasteiger partial charge < -0.3 is 10.2 Å². The number of carbonyl (C=O) groups is 1. The molecule has 4 heteroatoms. The summed E-state index contributed by atoms with van der Waals surface area (Å²) < 4.78 is 0. The van der Waals surface area contributed by atoms with Crippen LogP contribution in [-0.4, -0.2) is 16.0 Å². The van der Waals surface area contributed by atoms with E-state index in [1.807, 2.05) is 19.1 Å². The first-order chi connectivity index (χ1) is 9.02. The molecule has 2 aromatic carbocycles. The normalized spacial score (nSPS) is 10.5. The molecule has 0 aliphatic carbocycles. The zero-order valence-corrected chi connectivity index (χ0v) is 11.1. The lowest BCUT2D eigenvalue weighted by Crippen LogP contribution is -2.03. The summed E-state index contributed by atoms with van der Waals surface area (Å²) in [5.41, 5.74) is 2.02. The average molecular weight is 277 g/mol. The van der Waals surface area contributed by atoms with E-state index in [9.17, 15) is 9.90 Å². The fourth-order valence-corrected chi connectivity index (χ4v) is 2.13. The van der Waals surface area contributed by atoms with Crippen molar-refractivity contribution in [2.24, 2.45) is 0 Å². The second-order valence-corrected chi connectivity index (χ2v) is 4.73. The third-order valence-electron chi connectivity index (χ3n) is 2.85. The monoisotopic (exact) mass is 276 g/mol. The van der Waals surface area contributed by atoms with Gasteiger partial charge in [0.1, 0.15) is 5.75 Å². The molecule has 0 aliphatic rings. The number of carbonyl (C=O) groups excluding carboxylic acids is 1. The van der Waals surface area contributed by atoms with Crippen LogP contribution in [0.25, 0.3) is 0 Å². The molecule has 0 fully saturated rings. The van der Waals surface area contributed by atoms with Gasteiger partial charge in [-0.15, -0.1) is 0 Å². The SMILES string of the molecule is Cc1ccc(C(=O)c2c(O)cc(CO)cc2Cl)cc1. The maximum Gasteiger partial charge on any atom is 0.198 e. The Bertz CT molecular complexity index is 595. The molecule has 0 amide bonds. The molecule has 0 heterocycles.